The van der Waals surface area contributed by atoms with E-state index >= 15 is 0 Å². The summed E-state index contributed by atoms with van der Waals surface area (Å²) in [5, 5.41) is 1.10. The Bertz CT molecular complexity index is 289. The Morgan fingerprint density at radius 1 is 1.33 bits per heavy atom. The molecule has 0 unspecified atom stereocenters. The van der Waals surface area contributed by atoms with Crippen LogP contribution in [-0.4, -0.2) is 42.0 Å². The number of hydrogen-bond acceptors (Lipinski definition) is 2. The van der Waals surface area contributed by atoms with Crippen molar-refractivity contribution in [1.29, 1.82) is 0 Å². The van der Waals surface area contributed by atoms with Crippen LogP contribution in [0.2, 0.25) is 0 Å². The highest BCUT2D eigenvalue weighted by Gasteiger charge is 2.31. The molecule has 0 aliphatic heterocycles. The van der Waals surface area contributed by atoms with Crippen molar-refractivity contribution in [3.63, 3.8) is 0 Å². The smallest absolute Gasteiger partial charge is 0.195 e. The highest BCUT2D eigenvalue weighted by Crippen LogP contribution is 2.14. The van der Waals surface area contributed by atoms with Crippen molar-refractivity contribution in [2.24, 2.45) is 0 Å². The van der Waals surface area contributed by atoms with Crippen LogP contribution >= 0.6 is 31.9 Å². The van der Waals surface area contributed by atoms with E-state index in [0.717, 1.165) is 0 Å². The zero-order valence-electron chi connectivity index (χ0n) is 9.42. The highest BCUT2D eigenvalue weighted by molar-refractivity contribution is 9.09. The number of rotatable bonds is 6. The fourth-order valence-electron chi connectivity index (χ4n) is 0.751. The van der Waals surface area contributed by atoms with E-state index in [-0.39, 0.29) is 6.04 Å². The number of nitrogens with zero attached hydrogens (tertiary/aromatic N) is 1. The fraction of sp³-hybridized carbons (Fsp3) is 1.00. The van der Waals surface area contributed by atoms with Gasteiger partial charge in [-0.3, -0.25) is 0 Å². The first kappa shape index (κ1) is 15.8. The maximum Gasteiger partial charge on any atom is 0.279 e. The Morgan fingerprint density at radius 2 is 1.73 bits per heavy atom. The number of alkyl halides is 2. The van der Waals surface area contributed by atoms with Crippen molar-refractivity contribution in [1.82, 2.24) is 9.03 Å². The number of nitrogens with one attached hydrogen (secondary N) is 1. The molecule has 0 bridgehead atoms. The Kier molecular flexibility index (Phi) is 6.28. The van der Waals surface area contributed by atoms with E-state index in [1.54, 1.807) is 7.05 Å². The second-order valence-corrected chi connectivity index (χ2v) is 6.90. The molecule has 4 nitrogen and oxygen atoms in total. The number of halogens is 2. The van der Waals surface area contributed by atoms with Crippen LogP contribution in [0.4, 0.5) is 0 Å². The first-order chi connectivity index (χ1) is 6.68. The van der Waals surface area contributed by atoms with Gasteiger partial charge < -0.3 is 0 Å². The van der Waals surface area contributed by atoms with Crippen LogP contribution in [-0.2, 0) is 10.2 Å². The summed E-state index contributed by atoms with van der Waals surface area (Å²) in [5.41, 5.74) is -0.512. The van der Waals surface area contributed by atoms with Gasteiger partial charge in [0.2, 0.25) is 0 Å². The molecule has 0 aromatic heterocycles. The van der Waals surface area contributed by atoms with E-state index in [9.17, 15) is 8.42 Å². The first-order valence-electron chi connectivity index (χ1n) is 4.57. The highest BCUT2D eigenvalue weighted by atomic mass is 79.9. The molecular formula is C8H18Br2N2O2S. The molecule has 7 heteroatoms. The molecule has 0 rings (SSSR count). The van der Waals surface area contributed by atoms with E-state index in [0.29, 0.717) is 10.7 Å². The minimum absolute atomic E-state index is 0.0580. The Hall–Kier alpha value is 0.830. The molecule has 0 saturated carbocycles. The molecule has 0 atom stereocenters. The Morgan fingerprint density at radius 3 is 2.00 bits per heavy atom. The van der Waals surface area contributed by atoms with Gasteiger partial charge in [0.05, 0.1) is 5.54 Å². The van der Waals surface area contributed by atoms with E-state index < -0.39 is 15.7 Å². The molecule has 0 aliphatic rings. The molecule has 92 valence electrons. The van der Waals surface area contributed by atoms with Gasteiger partial charge >= 0.3 is 0 Å². The first-order valence-corrected chi connectivity index (χ1v) is 8.25. The zero-order chi connectivity index (χ0) is 12.3. The zero-order valence-corrected chi connectivity index (χ0v) is 13.4. The van der Waals surface area contributed by atoms with E-state index in [2.05, 4.69) is 36.6 Å². The summed E-state index contributed by atoms with van der Waals surface area (Å²) in [6.45, 7) is 5.50. The lowest BCUT2D eigenvalue weighted by atomic mass is 10.1. The second kappa shape index (κ2) is 5.95. The molecule has 0 aliphatic carbocycles. The van der Waals surface area contributed by atoms with Crippen molar-refractivity contribution in [3.05, 3.63) is 0 Å². The van der Waals surface area contributed by atoms with Gasteiger partial charge in [0, 0.05) is 23.7 Å². The summed E-state index contributed by atoms with van der Waals surface area (Å²) in [4.78, 5) is 0. The quantitative estimate of drug-likeness (QED) is 0.728. The lowest BCUT2D eigenvalue weighted by Gasteiger charge is -2.30. The summed E-state index contributed by atoms with van der Waals surface area (Å²) >= 11 is 6.59. The summed E-state index contributed by atoms with van der Waals surface area (Å²) in [6.07, 6.45) is 0. The minimum atomic E-state index is -3.42. The molecule has 0 fully saturated rings. The standard InChI is InChI=1S/C8H18Br2N2O2S/c1-7(2)12(4)15(13,14)11-8(3,5-9)6-10/h7,11H,5-6H2,1-4H3. The summed E-state index contributed by atoms with van der Waals surface area (Å²) in [6, 6.07) is -0.0580. The lowest BCUT2D eigenvalue weighted by Crippen LogP contribution is -2.54. The predicted molar refractivity (Wildman–Crippen MR) is 70.9 cm³/mol. The molecule has 0 saturated heterocycles. The average molecular weight is 366 g/mol. The molecular weight excluding hydrogens is 348 g/mol. The molecule has 0 radical (unpaired) electrons. The van der Waals surface area contributed by atoms with Crippen LogP contribution in [0.3, 0.4) is 0 Å². The SMILES string of the molecule is CC(C)N(C)S(=O)(=O)NC(C)(CBr)CBr. The molecule has 0 aromatic rings. The van der Waals surface area contributed by atoms with Crippen LogP contribution < -0.4 is 4.72 Å². The fourth-order valence-corrected chi connectivity index (χ4v) is 3.80. The van der Waals surface area contributed by atoms with Crippen LogP contribution in [0.25, 0.3) is 0 Å². The minimum Gasteiger partial charge on any atom is -0.195 e. The van der Waals surface area contributed by atoms with E-state index in [1.165, 1.54) is 4.31 Å². The second-order valence-electron chi connectivity index (χ2n) is 4.04. The predicted octanol–water partition coefficient (Wildman–Crippen LogP) is 1.71. The van der Waals surface area contributed by atoms with Crippen molar-refractivity contribution in [2.45, 2.75) is 32.4 Å². The largest absolute Gasteiger partial charge is 0.279 e. The molecule has 0 spiro atoms. The average Bonchev–Trinajstić information content (AvgIpc) is 2.15. The van der Waals surface area contributed by atoms with Gasteiger partial charge in [-0.05, 0) is 20.8 Å². The lowest BCUT2D eigenvalue weighted by molar-refractivity contribution is 0.387. The third-order valence-electron chi connectivity index (χ3n) is 2.07. The summed E-state index contributed by atoms with van der Waals surface area (Å²) in [5.74, 6) is 0. The van der Waals surface area contributed by atoms with Gasteiger partial charge in [-0.1, -0.05) is 31.9 Å². The molecule has 0 aromatic carbocycles. The monoisotopic (exact) mass is 364 g/mol. The van der Waals surface area contributed by atoms with E-state index in [4.69, 9.17) is 0 Å². The molecule has 0 heterocycles. The normalized spacial score (nSPS) is 13.9. The van der Waals surface area contributed by atoms with Crippen molar-refractivity contribution in [2.75, 3.05) is 17.7 Å². The number of hydrogen-bond donors (Lipinski definition) is 1. The topological polar surface area (TPSA) is 49.4 Å². The van der Waals surface area contributed by atoms with Crippen LogP contribution in [0.5, 0.6) is 0 Å². The molecule has 0 amide bonds. The third kappa shape index (κ3) is 4.68. The van der Waals surface area contributed by atoms with Crippen molar-refractivity contribution < 1.29 is 8.42 Å². The van der Waals surface area contributed by atoms with Gasteiger partial charge in [-0.25, -0.2) is 0 Å². The van der Waals surface area contributed by atoms with Crippen LogP contribution in [0.1, 0.15) is 20.8 Å². The Labute approximate surface area is 109 Å². The van der Waals surface area contributed by atoms with Gasteiger partial charge in [-0.2, -0.15) is 17.4 Å². The third-order valence-corrected chi connectivity index (χ3v) is 6.48. The molecule has 1 N–H and O–H groups in total. The maximum absolute atomic E-state index is 11.9. The van der Waals surface area contributed by atoms with Crippen LogP contribution in [0.15, 0.2) is 0 Å². The van der Waals surface area contributed by atoms with Gasteiger partial charge in [0.1, 0.15) is 0 Å². The van der Waals surface area contributed by atoms with Gasteiger partial charge in [0.25, 0.3) is 10.2 Å². The van der Waals surface area contributed by atoms with Gasteiger partial charge in [-0.15, -0.1) is 0 Å². The Balaban J connectivity index is 4.79. The van der Waals surface area contributed by atoms with Crippen molar-refractivity contribution >= 4 is 42.1 Å². The summed E-state index contributed by atoms with van der Waals surface area (Å²) in [7, 11) is -1.85. The maximum atomic E-state index is 11.9. The van der Waals surface area contributed by atoms with Crippen LogP contribution in [0, 0.1) is 0 Å². The van der Waals surface area contributed by atoms with Crippen molar-refractivity contribution in [3.8, 4) is 0 Å². The summed E-state index contributed by atoms with van der Waals surface area (Å²) < 4.78 is 27.7. The van der Waals surface area contributed by atoms with E-state index in [1.807, 2.05) is 20.8 Å². The van der Waals surface area contributed by atoms with Gasteiger partial charge in [0.15, 0.2) is 0 Å². The molecule has 15 heavy (non-hydrogen) atoms.